The van der Waals surface area contributed by atoms with E-state index < -0.39 is 0 Å². The number of thiophene rings is 1. The maximum absolute atomic E-state index is 2.48. The third kappa shape index (κ3) is 3.56. The van der Waals surface area contributed by atoms with Crippen molar-refractivity contribution in [2.45, 2.75) is 12.8 Å². The Morgan fingerprint density at radius 3 is 2.07 bits per heavy atom. The molecule has 0 unspecified atom stereocenters. The summed E-state index contributed by atoms with van der Waals surface area (Å²) in [6.45, 7) is 0. The van der Waals surface area contributed by atoms with Crippen LogP contribution in [0.2, 0.25) is 0 Å². The molecule has 2 nitrogen and oxygen atoms in total. The summed E-state index contributed by atoms with van der Waals surface area (Å²) in [6, 6.07) is 47.1. The van der Waals surface area contributed by atoms with Crippen molar-refractivity contribution >= 4 is 80.8 Å². The molecule has 6 aromatic carbocycles. The molecule has 1 aliphatic rings. The molecule has 0 amide bonds. The fraction of sp³-hybridized carbons (Fsp3) is 0.0476. The Kier molecular flexibility index (Phi) is 5.31. The molecule has 1 aliphatic carbocycles. The van der Waals surface area contributed by atoms with Gasteiger partial charge in [-0.05, 0) is 78.6 Å². The van der Waals surface area contributed by atoms with Gasteiger partial charge in [0, 0.05) is 48.4 Å². The first kappa shape index (κ1) is 25.0. The van der Waals surface area contributed by atoms with Crippen LogP contribution in [0.15, 0.2) is 146 Å². The van der Waals surface area contributed by atoms with E-state index in [-0.39, 0.29) is 0 Å². The number of aromatic nitrogens is 2. The average molecular weight is 593 g/mol. The standard InChI is InChI=1S/C42H28N2S/c1-3-13-28(14-4-1)43-36-20-10-7-17-30(36)34-25-27(23-24-38(34)43)33-26-35-31-18-9-12-22-39(31)45-42(35)41-40(33)32-19-8-11-21-37(32)44(41)29-15-5-2-6-16-29/h2-3,5-26H,1,4H2. The van der Waals surface area contributed by atoms with Crippen LogP contribution < -0.4 is 0 Å². The van der Waals surface area contributed by atoms with Crippen molar-refractivity contribution in [1.82, 2.24) is 9.13 Å². The van der Waals surface area contributed by atoms with Crippen LogP contribution in [-0.4, -0.2) is 9.13 Å². The van der Waals surface area contributed by atoms with Gasteiger partial charge in [-0.2, -0.15) is 0 Å². The molecule has 0 fully saturated rings. The first-order valence-corrected chi connectivity index (χ1v) is 16.5. The van der Waals surface area contributed by atoms with Crippen LogP contribution in [0.3, 0.4) is 0 Å². The topological polar surface area (TPSA) is 9.86 Å². The first-order chi connectivity index (χ1) is 22.3. The zero-order valence-electron chi connectivity index (χ0n) is 24.6. The normalized spacial score (nSPS) is 13.6. The summed E-state index contributed by atoms with van der Waals surface area (Å²) >= 11 is 1.91. The zero-order valence-corrected chi connectivity index (χ0v) is 25.4. The number of nitrogens with zero attached hydrogens (tertiary/aromatic N) is 2. The Morgan fingerprint density at radius 1 is 0.533 bits per heavy atom. The number of benzene rings is 6. The fourth-order valence-corrected chi connectivity index (χ4v) is 8.81. The summed E-state index contributed by atoms with van der Waals surface area (Å²) < 4.78 is 7.58. The summed E-state index contributed by atoms with van der Waals surface area (Å²) in [5.41, 5.74) is 10.0. The van der Waals surface area contributed by atoms with Crippen LogP contribution in [0.1, 0.15) is 12.8 Å². The van der Waals surface area contributed by atoms with E-state index in [1.54, 1.807) is 0 Å². The third-order valence-electron chi connectivity index (χ3n) is 9.51. The van der Waals surface area contributed by atoms with Gasteiger partial charge in [-0.25, -0.2) is 0 Å². The molecular formula is C42H28N2S. The Balaban J connectivity index is 1.37. The lowest BCUT2D eigenvalue weighted by atomic mass is 9.95. The summed E-state index contributed by atoms with van der Waals surface area (Å²) in [7, 11) is 0. The van der Waals surface area contributed by atoms with E-state index in [2.05, 4.69) is 155 Å². The van der Waals surface area contributed by atoms with Gasteiger partial charge < -0.3 is 9.13 Å². The maximum atomic E-state index is 2.48. The van der Waals surface area contributed by atoms with Crippen LogP contribution in [0.25, 0.3) is 86.3 Å². The lowest BCUT2D eigenvalue weighted by molar-refractivity contribution is 1.02. The van der Waals surface area contributed by atoms with Crippen molar-refractivity contribution in [3.63, 3.8) is 0 Å². The second-order valence-corrected chi connectivity index (χ2v) is 13.1. The molecule has 0 N–H and O–H groups in total. The van der Waals surface area contributed by atoms with Crippen molar-refractivity contribution < 1.29 is 0 Å². The van der Waals surface area contributed by atoms with Crippen molar-refractivity contribution in [2.75, 3.05) is 0 Å². The van der Waals surface area contributed by atoms with Crippen LogP contribution in [0, 0.1) is 0 Å². The average Bonchev–Trinajstić information content (AvgIpc) is 3.76. The predicted molar refractivity (Wildman–Crippen MR) is 195 cm³/mol. The Morgan fingerprint density at radius 2 is 1.24 bits per heavy atom. The van der Waals surface area contributed by atoms with Crippen LogP contribution in [0.5, 0.6) is 0 Å². The predicted octanol–water partition coefficient (Wildman–Crippen LogP) is 12.1. The number of hydrogen-bond acceptors (Lipinski definition) is 1. The molecule has 0 saturated carbocycles. The molecule has 3 aromatic heterocycles. The lowest BCUT2D eigenvalue weighted by Crippen LogP contribution is -1.96. The first-order valence-electron chi connectivity index (χ1n) is 15.7. The van der Waals surface area contributed by atoms with E-state index in [4.69, 9.17) is 0 Å². The van der Waals surface area contributed by atoms with Crippen molar-refractivity contribution in [2.24, 2.45) is 0 Å². The molecule has 212 valence electrons. The van der Waals surface area contributed by atoms with E-state index in [1.165, 1.54) is 86.3 Å². The Bertz CT molecular complexity index is 2700. The second-order valence-electron chi connectivity index (χ2n) is 12.0. The van der Waals surface area contributed by atoms with Gasteiger partial charge in [-0.3, -0.25) is 0 Å². The van der Waals surface area contributed by atoms with Gasteiger partial charge in [-0.1, -0.05) is 91.0 Å². The molecular weight excluding hydrogens is 565 g/mol. The zero-order chi connectivity index (χ0) is 29.5. The summed E-state index contributed by atoms with van der Waals surface area (Å²) in [5.74, 6) is 0. The van der Waals surface area contributed by atoms with E-state index in [1.807, 2.05) is 11.3 Å². The highest BCUT2D eigenvalue weighted by Gasteiger charge is 2.22. The highest BCUT2D eigenvalue weighted by Crippen LogP contribution is 2.48. The molecule has 10 rings (SSSR count). The monoisotopic (exact) mass is 592 g/mol. The smallest absolute Gasteiger partial charge is 0.0726 e. The minimum atomic E-state index is 1.08. The molecule has 0 aliphatic heterocycles. The van der Waals surface area contributed by atoms with Crippen molar-refractivity contribution in [3.8, 4) is 16.8 Å². The number of fused-ring (bicyclic) bond motifs is 10. The van der Waals surface area contributed by atoms with Crippen LogP contribution in [-0.2, 0) is 0 Å². The molecule has 0 bridgehead atoms. The number of para-hydroxylation sites is 3. The molecule has 0 saturated heterocycles. The minimum absolute atomic E-state index is 1.08. The molecule has 3 heteroatoms. The van der Waals surface area contributed by atoms with Gasteiger partial charge in [0.1, 0.15) is 0 Å². The van der Waals surface area contributed by atoms with E-state index >= 15 is 0 Å². The van der Waals surface area contributed by atoms with Crippen LogP contribution >= 0.6 is 11.3 Å². The third-order valence-corrected chi connectivity index (χ3v) is 10.7. The SMILES string of the molecule is C1=CC(n2c3ccccc3c3cc(-c4cc5c6ccccc6sc5c5c4c4ccccc4n5-c4ccccc4)ccc32)=CCC1. The van der Waals surface area contributed by atoms with Gasteiger partial charge in [0.05, 0.1) is 26.8 Å². The highest BCUT2D eigenvalue weighted by molar-refractivity contribution is 7.26. The van der Waals surface area contributed by atoms with Crippen molar-refractivity contribution in [1.29, 1.82) is 0 Å². The molecule has 45 heavy (non-hydrogen) atoms. The van der Waals surface area contributed by atoms with E-state index in [0.717, 1.165) is 12.8 Å². The largest absolute Gasteiger partial charge is 0.310 e. The van der Waals surface area contributed by atoms with Gasteiger partial charge in [0.15, 0.2) is 0 Å². The summed E-state index contributed by atoms with van der Waals surface area (Å²) in [6.07, 6.45) is 9.13. The fourth-order valence-electron chi connectivity index (χ4n) is 7.59. The summed E-state index contributed by atoms with van der Waals surface area (Å²) in [4.78, 5) is 0. The molecule has 9 aromatic rings. The van der Waals surface area contributed by atoms with Gasteiger partial charge >= 0.3 is 0 Å². The van der Waals surface area contributed by atoms with Gasteiger partial charge in [-0.15, -0.1) is 11.3 Å². The Hall–Kier alpha value is -5.38. The quantitative estimate of drug-likeness (QED) is 0.193. The van der Waals surface area contributed by atoms with Gasteiger partial charge in [0.25, 0.3) is 0 Å². The number of allylic oxidation sites excluding steroid dienone is 4. The van der Waals surface area contributed by atoms with Gasteiger partial charge in [0.2, 0.25) is 0 Å². The number of rotatable bonds is 3. The highest BCUT2D eigenvalue weighted by atomic mass is 32.1. The lowest BCUT2D eigenvalue weighted by Gasteiger charge is -2.13. The molecule has 0 radical (unpaired) electrons. The second kappa shape index (κ2) is 9.56. The Labute approximate surface area is 264 Å². The van der Waals surface area contributed by atoms with Crippen LogP contribution in [0.4, 0.5) is 0 Å². The summed E-state index contributed by atoms with van der Waals surface area (Å²) in [5, 5.41) is 7.81. The maximum Gasteiger partial charge on any atom is 0.0726 e. The molecule has 0 spiro atoms. The van der Waals surface area contributed by atoms with E-state index in [9.17, 15) is 0 Å². The number of hydrogen-bond donors (Lipinski definition) is 0. The van der Waals surface area contributed by atoms with E-state index in [0.29, 0.717) is 0 Å². The minimum Gasteiger partial charge on any atom is -0.310 e. The molecule has 0 atom stereocenters. The van der Waals surface area contributed by atoms with Crippen molar-refractivity contribution in [3.05, 3.63) is 146 Å². The molecule has 3 heterocycles.